The van der Waals surface area contributed by atoms with Crippen molar-refractivity contribution in [2.75, 3.05) is 37.1 Å². The van der Waals surface area contributed by atoms with Crippen LogP contribution in [-0.2, 0) is 16.0 Å². The molecular weight excluding hydrogens is 404 g/mol. The van der Waals surface area contributed by atoms with E-state index in [2.05, 4.69) is 27.2 Å². The fraction of sp³-hybridized carbons (Fsp3) is 0.360. The zero-order valence-corrected chi connectivity index (χ0v) is 19.6. The molecule has 7 heteroatoms. The first-order valence-corrected chi connectivity index (χ1v) is 10.4. The third-order valence-corrected chi connectivity index (χ3v) is 4.75. The van der Waals surface area contributed by atoms with Gasteiger partial charge in [-0.2, -0.15) is 0 Å². The van der Waals surface area contributed by atoms with Crippen molar-refractivity contribution in [2.45, 2.75) is 38.8 Å². The lowest BCUT2D eigenvalue weighted by Gasteiger charge is -2.25. The maximum absolute atomic E-state index is 13.3. The van der Waals surface area contributed by atoms with Crippen LogP contribution in [0.1, 0.15) is 42.3 Å². The molecule has 0 fully saturated rings. The Bertz CT molecular complexity index is 976. The summed E-state index contributed by atoms with van der Waals surface area (Å²) in [6.45, 7) is 5.38. The van der Waals surface area contributed by atoms with E-state index in [0.29, 0.717) is 16.9 Å². The van der Waals surface area contributed by atoms with Gasteiger partial charge in [-0.1, -0.05) is 18.1 Å². The van der Waals surface area contributed by atoms with Gasteiger partial charge >= 0.3 is 5.97 Å². The Kier molecular flexibility index (Phi) is 8.14. The van der Waals surface area contributed by atoms with Crippen LogP contribution in [0.25, 0.3) is 0 Å². The second-order valence-corrected chi connectivity index (χ2v) is 8.30. The van der Waals surface area contributed by atoms with Crippen molar-refractivity contribution in [1.82, 2.24) is 5.32 Å². The Morgan fingerprint density at radius 1 is 1.00 bits per heavy atom. The monoisotopic (exact) mass is 436 g/mol. The molecule has 4 N–H and O–H groups in total. The van der Waals surface area contributed by atoms with Gasteiger partial charge in [0.25, 0.3) is 5.91 Å². The van der Waals surface area contributed by atoms with Crippen LogP contribution < -0.4 is 21.3 Å². The van der Waals surface area contributed by atoms with Crippen molar-refractivity contribution >= 4 is 28.9 Å². The van der Waals surface area contributed by atoms with Gasteiger partial charge in [-0.25, -0.2) is 4.79 Å². The van der Waals surface area contributed by atoms with E-state index in [4.69, 9.17) is 11.2 Å². The number of carbonyl (C=O) groups excluding carboxylic acids is 2. The third kappa shape index (κ3) is 6.42. The Hall–Kier alpha value is -3.66. The van der Waals surface area contributed by atoms with Crippen LogP contribution in [0.4, 0.5) is 17.1 Å². The predicted octanol–water partition coefficient (Wildman–Crippen LogP) is 3.48. The quantitative estimate of drug-likeness (QED) is 0.374. The zero-order chi connectivity index (χ0) is 23.9. The van der Waals surface area contributed by atoms with Crippen LogP contribution in [0.5, 0.6) is 0 Å². The van der Waals surface area contributed by atoms with E-state index in [-0.39, 0.29) is 6.42 Å². The summed E-state index contributed by atoms with van der Waals surface area (Å²) in [7, 11) is 5.28. The molecule has 0 aromatic heterocycles. The molecule has 0 aliphatic heterocycles. The number of ether oxygens (including phenoxy) is 1. The fourth-order valence-corrected chi connectivity index (χ4v) is 3.19. The van der Waals surface area contributed by atoms with Crippen molar-refractivity contribution in [3.63, 3.8) is 0 Å². The van der Waals surface area contributed by atoms with Crippen LogP contribution >= 0.6 is 0 Å². The summed E-state index contributed by atoms with van der Waals surface area (Å²) in [6, 6.07) is 10.1. The van der Waals surface area contributed by atoms with Crippen LogP contribution in [0.3, 0.4) is 0 Å². The van der Waals surface area contributed by atoms with Gasteiger partial charge in [-0.15, -0.1) is 6.42 Å². The minimum Gasteiger partial charge on any atom is -0.458 e. The highest BCUT2D eigenvalue weighted by molar-refractivity contribution is 6.07. The number of amides is 1. The van der Waals surface area contributed by atoms with Gasteiger partial charge < -0.3 is 26.0 Å². The normalized spacial score (nSPS) is 11.7. The highest BCUT2D eigenvalue weighted by atomic mass is 16.6. The molecule has 0 saturated heterocycles. The van der Waals surface area contributed by atoms with Crippen molar-refractivity contribution in [3.8, 4) is 12.3 Å². The molecule has 2 rings (SSSR count). The molecule has 2 aromatic carbocycles. The number of nitrogens with one attached hydrogen (secondary N) is 4. The number of terminal acetylenes is 1. The lowest BCUT2D eigenvalue weighted by atomic mass is 10.0. The number of carbonyl (C=O) groups is 2. The number of rotatable bonds is 8. The maximum Gasteiger partial charge on any atom is 0.329 e. The summed E-state index contributed by atoms with van der Waals surface area (Å²) in [4.78, 5) is 26.3. The molecule has 1 unspecified atom stereocenters. The first-order valence-electron chi connectivity index (χ1n) is 10.4. The Balaban J connectivity index is 2.38. The molecule has 0 radical (unpaired) electrons. The first-order chi connectivity index (χ1) is 15.1. The molecule has 0 aliphatic carbocycles. The van der Waals surface area contributed by atoms with Gasteiger partial charge in [0.2, 0.25) is 0 Å². The number of benzene rings is 2. The van der Waals surface area contributed by atoms with Gasteiger partial charge in [0.15, 0.2) is 0 Å². The topological polar surface area (TPSA) is 91.5 Å². The SMILES string of the molecule is C#Cc1ccc(CC(NC(=O)c2c(NC)cc(NC)cc2NC)C(=O)OC(C)(C)C)cc1. The van der Waals surface area contributed by atoms with Crippen LogP contribution in [0, 0.1) is 12.3 Å². The first kappa shape index (κ1) is 24.6. The summed E-state index contributed by atoms with van der Waals surface area (Å²) in [5.74, 6) is 1.67. The molecule has 0 heterocycles. The Morgan fingerprint density at radius 2 is 1.56 bits per heavy atom. The highest BCUT2D eigenvalue weighted by Gasteiger charge is 2.29. The Morgan fingerprint density at radius 3 is 2.00 bits per heavy atom. The number of esters is 1. The summed E-state index contributed by atoms with van der Waals surface area (Å²) in [6.07, 6.45) is 5.69. The highest BCUT2D eigenvalue weighted by Crippen LogP contribution is 2.29. The standard InChI is InChI=1S/C25H32N4O3/c1-8-16-9-11-17(12-10-16)13-21(24(31)32-25(2,3)4)29-23(30)22-19(27-6)14-18(26-5)15-20(22)28-7/h1,9-12,14-15,21,26-28H,13H2,2-7H3,(H,29,30). The minimum atomic E-state index is -0.878. The molecule has 7 nitrogen and oxygen atoms in total. The average Bonchev–Trinajstić information content (AvgIpc) is 2.76. The zero-order valence-electron chi connectivity index (χ0n) is 19.6. The number of hydrogen-bond acceptors (Lipinski definition) is 6. The summed E-state index contributed by atoms with van der Waals surface area (Å²) < 4.78 is 5.58. The fourth-order valence-electron chi connectivity index (χ4n) is 3.19. The van der Waals surface area contributed by atoms with E-state index in [1.165, 1.54) is 0 Å². The lowest BCUT2D eigenvalue weighted by Crippen LogP contribution is -2.45. The molecule has 0 spiro atoms. The van der Waals surface area contributed by atoms with Gasteiger partial charge in [0.05, 0.1) is 16.9 Å². The van der Waals surface area contributed by atoms with E-state index in [0.717, 1.165) is 16.8 Å². The molecule has 0 aliphatic rings. The summed E-state index contributed by atoms with van der Waals surface area (Å²) in [5, 5.41) is 12.0. The van der Waals surface area contributed by atoms with Crippen LogP contribution in [0.2, 0.25) is 0 Å². The van der Waals surface area contributed by atoms with Crippen molar-refractivity contribution < 1.29 is 14.3 Å². The molecule has 170 valence electrons. The van der Waals surface area contributed by atoms with Crippen molar-refractivity contribution in [1.29, 1.82) is 0 Å². The van der Waals surface area contributed by atoms with Gasteiger partial charge in [-0.3, -0.25) is 4.79 Å². The molecule has 1 atom stereocenters. The van der Waals surface area contributed by atoms with Crippen molar-refractivity contribution in [2.24, 2.45) is 0 Å². The largest absolute Gasteiger partial charge is 0.458 e. The number of hydrogen-bond donors (Lipinski definition) is 4. The van der Waals surface area contributed by atoms with E-state index in [9.17, 15) is 9.59 Å². The smallest absolute Gasteiger partial charge is 0.329 e. The van der Waals surface area contributed by atoms with E-state index < -0.39 is 23.5 Å². The predicted molar refractivity (Wildman–Crippen MR) is 130 cm³/mol. The van der Waals surface area contributed by atoms with E-state index >= 15 is 0 Å². The molecule has 1 amide bonds. The Labute approximate surface area is 190 Å². The second-order valence-electron chi connectivity index (χ2n) is 8.30. The van der Waals surface area contributed by atoms with Gasteiger partial charge in [0, 0.05) is 38.8 Å². The van der Waals surface area contributed by atoms with Gasteiger partial charge in [-0.05, 0) is 50.6 Å². The summed E-state index contributed by atoms with van der Waals surface area (Å²) >= 11 is 0. The molecular formula is C25H32N4O3. The molecule has 2 aromatic rings. The van der Waals surface area contributed by atoms with E-state index in [1.807, 2.05) is 24.3 Å². The molecule has 0 saturated carbocycles. The second kappa shape index (κ2) is 10.6. The van der Waals surface area contributed by atoms with E-state index in [1.54, 1.807) is 54.0 Å². The average molecular weight is 437 g/mol. The van der Waals surface area contributed by atoms with Crippen LogP contribution in [0.15, 0.2) is 36.4 Å². The molecule has 0 bridgehead atoms. The summed E-state index contributed by atoms with van der Waals surface area (Å²) in [5.41, 5.74) is 3.41. The minimum absolute atomic E-state index is 0.268. The molecule has 32 heavy (non-hydrogen) atoms. The van der Waals surface area contributed by atoms with Gasteiger partial charge in [0.1, 0.15) is 11.6 Å². The maximum atomic E-state index is 13.3. The number of anilines is 3. The third-order valence-electron chi connectivity index (χ3n) is 4.75. The van der Waals surface area contributed by atoms with Crippen molar-refractivity contribution in [3.05, 3.63) is 53.1 Å². The van der Waals surface area contributed by atoms with Crippen LogP contribution in [-0.4, -0.2) is 44.7 Å². The lowest BCUT2D eigenvalue weighted by molar-refractivity contribution is -0.157.